The van der Waals surface area contributed by atoms with E-state index < -0.39 is 17.7 Å². The number of anilines is 1. The molecule has 0 atom stereocenters. The van der Waals surface area contributed by atoms with Gasteiger partial charge < -0.3 is 10.6 Å². The van der Waals surface area contributed by atoms with E-state index in [0.717, 1.165) is 28.2 Å². The van der Waals surface area contributed by atoms with E-state index in [1.165, 1.54) is 0 Å². The third kappa shape index (κ3) is 4.03. The van der Waals surface area contributed by atoms with Crippen LogP contribution in [0, 0.1) is 11.6 Å². The minimum atomic E-state index is -0.690. The van der Waals surface area contributed by atoms with E-state index in [1.807, 2.05) is 24.3 Å². The Morgan fingerprint density at radius 2 is 1.80 bits per heavy atom. The summed E-state index contributed by atoms with van der Waals surface area (Å²) in [6, 6.07) is 9.65. The molecule has 0 spiro atoms. The second kappa shape index (κ2) is 6.47. The van der Waals surface area contributed by atoms with Crippen molar-refractivity contribution in [2.75, 3.05) is 5.32 Å². The SMILES string of the molecule is O=C(NCc1ccc(Br)cc1)Nc1cc(F)ccc1F. The van der Waals surface area contributed by atoms with Gasteiger partial charge in [0, 0.05) is 17.1 Å². The van der Waals surface area contributed by atoms with Gasteiger partial charge in [-0.25, -0.2) is 13.6 Å². The average molecular weight is 341 g/mol. The lowest BCUT2D eigenvalue weighted by Gasteiger charge is -2.08. The fraction of sp³-hybridized carbons (Fsp3) is 0.0714. The van der Waals surface area contributed by atoms with Crippen molar-refractivity contribution in [3.05, 3.63) is 64.1 Å². The van der Waals surface area contributed by atoms with Crippen molar-refractivity contribution in [3.63, 3.8) is 0 Å². The van der Waals surface area contributed by atoms with Gasteiger partial charge in [-0.15, -0.1) is 0 Å². The number of amides is 2. The number of hydrogen-bond donors (Lipinski definition) is 2. The summed E-state index contributed by atoms with van der Waals surface area (Å²) in [5, 5.41) is 4.82. The average Bonchev–Trinajstić information content (AvgIpc) is 2.42. The predicted octanol–water partition coefficient (Wildman–Crippen LogP) is 4.05. The van der Waals surface area contributed by atoms with Crippen molar-refractivity contribution in [2.24, 2.45) is 0 Å². The first-order valence-electron chi connectivity index (χ1n) is 5.79. The number of nitrogens with one attached hydrogen (secondary N) is 2. The zero-order chi connectivity index (χ0) is 14.5. The number of hydrogen-bond acceptors (Lipinski definition) is 1. The molecule has 0 saturated carbocycles. The van der Waals surface area contributed by atoms with Crippen molar-refractivity contribution in [1.29, 1.82) is 0 Å². The molecule has 0 heterocycles. The summed E-state index contributed by atoms with van der Waals surface area (Å²) in [7, 11) is 0. The molecule has 2 aromatic rings. The van der Waals surface area contributed by atoms with Crippen molar-refractivity contribution < 1.29 is 13.6 Å². The number of rotatable bonds is 3. The van der Waals surface area contributed by atoms with E-state index in [4.69, 9.17) is 0 Å². The number of halogens is 3. The Kier molecular flexibility index (Phi) is 4.68. The van der Waals surface area contributed by atoms with Crippen molar-refractivity contribution in [2.45, 2.75) is 6.54 Å². The summed E-state index contributed by atoms with van der Waals surface area (Å²) >= 11 is 3.31. The van der Waals surface area contributed by atoms with Gasteiger partial charge in [-0.05, 0) is 29.8 Å². The fourth-order valence-corrected chi connectivity index (χ4v) is 1.81. The van der Waals surface area contributed by atoms with E-state index in [-0.39, 0.29) is 12.2 Å². The molecule has 20 heavy (non-hydrogen) atoms. The summed E-state index contributed by atoms with van der Waals surface area (Å²) < 4.78 is 27.2. The molecule has 0 aliphatic carbocycles. The Bertz CT molecular complexity index is 617. The third-order valence-electron chi connectivity index (χ3n) is 2.54. The molecule has 0 fully saturated rings. The molecule has 104 valence electrons. The highest BCUT2D eigenvalue weighted by molar-refractivity contribution is 9.10. The molecule has 0 bridgehead atoms. The third-order valence-corrected chi connectivity index (χ3v) is 3.07. The number of urea groups is 1. The molecule has 0 radical (unpaired) electrons. The van der Waals surface area contributed by atoms with E-state index in [0.29, 0.717) is 0 Å². The van der Waals surface area contributed by atoms with Crippen LogP contribution in [0.2, 0.25) is 0 Å². The molecule has 0 saturated heterocycles. The Morgan fingerprint density at radius 1 is 1.10 bits per heavy atom. The maximum atomic E-state index is 13.3. The van der Waals surface area contributed by atoms with E-state index in [1.54, 1.807) is 0 Å². The highest BCUT2D eigenvalue weighted by atomic mass is 79.9. The van der Waals surface area contributed by atoms with Gasteiger partial charge in [-0.1, -0.05) is 28.1 Å². The van der Waals surface area contributed by atoms with Crippen molar-refractivity contribution in [3.8, 4) is 0 Å². The Balaban J connectivity index is 1.92. The van der Waals surface area contributed by atoms with Crippen LogP contribution < -0.4 is 10.6 Å². The second-order valence-corrected chi connectivity index (χ2v) is 4.97. The van der Waals surface area contributed by atoms with Gasteiger partial charge in [0.15, 0.2) is 0 Å². The topological polar surface area (TPSA) is 41.1 Å². The van der Waals surface area contributed by atoms with Crippen LogP contribution >= 0.6 is 15.9 Å². The largest absolute Gasteiger partial charge is 0.334 e. The Morgan fingerprint density at radius 3 is 2.50 bits per heavy atom. The molecule has 6 heteroatoms. The van der Waals surface area contributed by atoms with Crippen LogP contribution in [0.5, 0.6) is 0 Å². The summed E-state index contributed by atoms with van der Waals surface area (Å²) in [4.78, 5) is 11.6. The van der Waals surface area contributed by atoms with Gasteiger partial charge in [0.25, 0.3) is 0 Å². The molecule has 0 aromatic heterocycles. The molecule has 2 rings (SSSR count). The van der Waals surface area contributed by atoms with Gasteiger partial charge in [0.1, 0.15) is 11.6 Å². The van der Waals surface area contributed by atoms with E-state index in [2.05, 4.69) is 26.6 Å². The number of carbonyl (C=O) groups is 1. The Labute approximate surface area is 123 Å². The lowest BCUT2D eigenvalue weighted by Crippen LogP contribution is -2.28. The highest BCUT2D eigenvalue weighted by Gasteiger charge is 2.07. The van der Waals surface area contributed by atoms with Crippen LogP contribution in [-0.2, 0) is 6.54 Å². The first-order valence-corrected chi connectivity index (χ1v) is 6.58. The smallest absolute Gasteiger partial charge is 0.319 e. The summed E-state index contributed by atoms with van der Waals surface area (Å²) in [5.41, 5.74) is 0.696. The number of carbonyl (C=O) groups excluding carboxylic acids is 1. The lowest BCUT2D eigenvalue weighted by molar-refractivity contribution is 0.251. The maximum Gasteiger partial charge on any atom is 0.319 e. The summed E-state index contributed by atoms with van der Waals surface area (Å²) in [6.45, 7) is 0.288. The van der Waals surface area contributed by atoms with Gasteiger partial charge in [0.2, 0.25) is 0 Å². The highest BCUT2D eigenvalue weighted by Crippen LogP contribution is 2.15. The lowest BCUT2D eigenvalue weighted by atomic mass is 10.2. The van der Waals surface area contributed by atoms with Crippen molar-refractivity contribution >= 4 is 27.6 Å². The normalized spacial score (nSPS) is 10.2. The van der Waals surface area contributed by atoms with Gasteiger partial charge in [-0.2, -0.15) is 0 Å². The van der Waals surface area contributed by atoms with Crippen LogP contribution in [-0.4, -0.2) is 6.03 Å². The molecule has 0 aliphatic rings. The van der Waals surface area contributed by atoms with E-state index in [9.17, 15) is 13.6 Å². The van der Waals surface area contributed by atoms with Crippen LogP contribution in [0.3, 0.4) is 0 Å². The van der Waals surface area contributed by atoms with Gasteiger partial charge >= 0.3 is 6.03 Å². The minimum absolute atomic E-state index is 0.196. The van der Waals surface area contributed by atoms with Crippen LogP contribution in [0.15, 0.2) is 46.9 Å². The second-order valence-electron chi connectivity index (χ2n) is 4.06. The molecule has 2 aromatic carbocycles. The molecule has 2 amide bonds. The van der Waals surface area contributed by atoms with Crippen LogP contribution in [0.4, 0.5) is 19.3 Å². The molecular formula is C14H11BrF2N2O. The van der Waals surface area contributed by atoms with Crippen molar-refractivity contribution in [1.82, 2.24) is 5.32 Å². The molecular weight excluding hydrogens is 330 g/mol. The Hall–Kier alpha value is -1.95. The first-order chi connectivity index (χ1) is 9.54. The zero-order valence-corrected chi connectivity index (χ0v) is 11.9. The molecule has 3 nitrogen and oxygen atoms in total. The first kappa shape index (κ1) is 14.5. The molecule has 2 N–H and O–H groups in total. The zero-order valence-electron chi connectivity index (χ0n) is 10.3. The molecule has 0 unspecified atom stereocenters. The summed E-state index contributed by atoms with van der Waals surface area (Å²) in [5.74, 6) is -1.31. The maximum absolute atomic E-state index is 13.3. The number of benzene rings is 2. The standard InChI is InChI=1S/C14H11BrF2N2O/c15-10-3-1-9(2-4-10)8-18-14(20)19-13-7-11(16)5-6-12(13)17/h1-7H,8H2,(H2,18,19,20). The van der Waals surface area contributed by atoms with E-state index >= 15 is 0 Å². The van der Waals surface area contributed by atoms with Gasteiger partial charge in [0.05, 0.1) is 5.69 Å². The molecule has 0 aliphatic heterocycles. The van der Waals surface area contributed by atoms with Crippen LogP contribution in [0.25, 0.3) is 0 Å². The quantitative estimate of drug-likeness (QED) is 0.869. The minimum Gasteiger partial charge on any atom is -0.334 e. The van der Waals surface area contributed by atoms with Gasteiger partial charge in [-0.3, -0.25) is 0 Å². The fourth-order valence-electron chi connectivity index (χ4n) is 1.54. The summed E-state index contributed by atoms with van der Waals surface area (Å²) in [6.07, 6.45) is 0. The monoisotopic (exact) mass is 340 g/mol. The predicted molar refractivity (Wildman–Crippen MR) is 76.4 cm³/mol. The van der Waals surface area contributed by atoms with Crippen LogP contribution in [0.1, 0.15) is 5.56 Å².